The van der Waals surface area contributed by atoms with Crippen LogP contribution in [0.2, 0.25) is 0 Å². The summed E-state index contributed by atoms with van der Waals surface area (Å²) in [6, 6.07) is 10.8. The van der Waals surface area contributed by atoms with Gasteiger partial charge in [-0.1, -0.05) is 12.1 Å². The van der Waals surface area contributed by atoms with Crippen LogP contribution in [0.5, 0.6) is 5.75 Å². The quantitative estimate of drug-likeness (QED) is 0.926. The molecule has 2 N–H and O–H groups in total. The Hall–Kier alpha value is -2.07. The molecule has 0 saturated carbocycles. The number of rotatable bonds is 4. The van der Waals surface area contributed by atoms with Crippen LogP contribution in [0.15, 0.2) is 36.4 Å². The third-order valence-electron chi connectivity index (χ3n) is 3.61. The predicted molar refractivity (Wildman–Crippen MR) is 84.8 cm³/mol. The van der Waals surface area contributed by atoms with Gasteiger partial charge in [0.2, 0.25) is 0 Å². The number of aryl methyl sites for hydroxylation is 1. The summed E-state index contributed by atoms with van der Waals surface area (Å²) in [5.74, 6) is 0.525. The van der Waals surface area contributed by atoms with Gasteiger partial charge in [0.15, 0.2) is 0 Å². The van der Waals surface area contributed by atoms with Gasteiger partial charge in [0.05, 0.1) is 12.8 Å². The Balaban J connectivity index is 2.57. The lowest BCUT2D eigenvalue weighted by atomic mass is 10.0. The molecule has 1 atom stereocenters. The molecule has 2 aromatic rings. The highest BCUT2D eigenvalue weighted by molar-refractivity contribution is 5.71. The number of hydrogen-bond donors (Lipinski definition) is 1. The highest BCUT2D eigenvalue weighted by atomic mass is 19.1. The average Bonchev–Trinajstić information content (AvgIpc) is 2.48. The van der Waals surface area contributed by atoms with Crippen molar-refractivity contribution in [2.24, 2.45) is 5.73 Å². The summed E-state index contributed by atoms with van der Waals surface area (Å²) >= 11 is 0. The van der Waals surface area contributed by atoms with Crippen molar-refractivity contribution >= 4 is 11.4 Å². The molecule has 3 nitrogen and oxygen atoms in total. The van der Waals surface area contributed by atoms with Crippen LogP contribution in [0.3, 0.4) is 0 Å². The fourth-order valence-corrected chi connectivity index (χ4v) is 2.37. The fraction of sp³-hybridized carbons (Fsp3) is 0.294. The molecule has 0 amide bonds. The van der Waals surface area contributed by atoms with E-state index in [2.05, 4.69) is 0 Å². The molecule has 0 aromatic heterocycles. The van der Waals surface area contributed by atoms with Gasteiger partial charge in [0.25, 0.3) is 0 Å². The highest BCUT2D eigenvalue weighted by Gasteiger charge is 2.17. The fourth-order valence-electron chi connectivity index (χ4n) is 2.37. The van der Waals surface area contributed by atoms with Gasteiger partial charge < -0.3 is 15.4 Å². The van der Waals surface area contributed by atoms with Gasteiger partial charge in [0.1, 0.15) is 11.6 Å². The van der Waals surface area contributed by atoms with E-state index in [-0.39, 0.29) is 11.9 Å². The van der Waals surface area contributed by atoms with Crippen LogP contribution in [0.4, 0.5) is 15.8 Å². The van der Waals surface area contributed by atoms with E-state index in [0.717, 1.165) is 22.7 Å². The van der Waals surface area contributed by atoms with Gasteiger partial charge in [0, 0.05) is 18.8 Å². The normalized spacial score (nSPS) is 12.1. The maximum absolute atomic E-state index is 13.8. The number of methoxy groups -OCH3 is 1. The van der Waals surface area contributed by atoms with Crippen molar-refractivity contribution in [3.05, 3.63) is 53.3 Å². The predicted octanol–water partition coefficient (Wildman–Crippen LogP) is 3.93. The molecule has 2 rings (SSSR count). The third-order valence-corrected chi connectivity index (χ3v) is 3.61. The van der Waals surface area contributed by atoms with Gasteiger partial charge in [-0.05, 0) is 49.2 Å². The van der Waals surface area contributed by atoms with Crippen molar-refractivity contribution in [1.82, 2.24) is 0 Å². The van der Waals surface area contributed by atoms with Crippen LogP contribution in [-0.2, 0) is 0 Å². The molecule has 0 aliphatic heterocycles. The number of nitrogens with zero attached hydrogens (tertiary/aromatic N) is 1. The van der Waals surface area contributed by atoms with Crippen LogP contribution in [0.1, 0.15) is 24.1 Å². The molecule has 1 unspecified atom stereocenters. The van der Waals surface area contributed by atoms with E-state index in [9.17, 15) is 4.39 Å². The van der Waals surface area contributed by atoms with Gasteiger partial charge in [-0.25, -0.2) is 4.39 Å². The molecule has 0 aliphatic rings. The van der Waals surface area contributed by atoms with Gasteiger partial charge >= 0.3 is 0 Å². The Labute approximate surface area is 125 Å². The molecule has 21 heavy (non-hydrogen) atoms. The second kappa shape index (κ2) is 6.14. The largest absolute Gasteiger partial charge is 0.495 e. The van der Waals surface area contributed by atoms with Crippen molar-refractivity contribution in [2.45, 2.75) is 19.9 Å². The molecular weight excluding hydrogens is 267 g/mol. The summed E-state index contributed by atoms with van der Waals surface area (Å²) < 4.78 is 19.2. The minimum absolute atomic E-state index is 0.237. The second-order valence-corrected chi connectivity index (χ2v) is 5.18. The van der Waals surface area contributed by atoms with Crippen LogP contribution >= 0.6 is 0 Å². The van der Waals surface area contributed by atoms with E-state index in [1.165, 1.54) is 6.07 Å². The molecule has 0 saturated heterocycles. The first kappa shape index (κ1) is 15.3. The summed E-state index contributed by atoms with van der Waals surface area (Å²) in [7, 11) is 3.56. The van der Waals surface area contributed by atoms with Crippen molar-refractivity contribution in [2.75, 3.05) is 19.1 Å². The van der Waals surface area contributed by atoms with Gasteiger partial charge in [-0.3, -0.25) is 0 Å². The first-order valence-electron chi connectivity index (χ1n) is 6.88. The summed E-state index contributed by atoms with van der Waals surface area (Å²) in [4.78, 5) is 1.98. The Morgan fingerprint density at radius 3 is 2.48 bits per heavy atom. The Kier molecular flexibility index (Phi) is 4.48. The monoisotopic (exact) mass is 288 g/mol. The molecule has 4 heteroatoms. The van der Waals surface area contributed by atoms with E-state index >= 15 is 0 Å². The summed E-state index contributed by atoms with van der Waals surface area (Å²) in [5, 5.41) is 0. The van der Waals surface area contributed by atoms with E-state index in [1.807, 2.05) is 49.2 Å². The standard InChI is InChI=1S/C17H21FN2O/c1-11-9-16(13(12(2)19)10-14(11)18)20(3)15-7-5-6-8-17(15)21-4/h5-10,12H,19H2,1-4H3. The van der Waals surface area contributed by atoms with Crippen molar-refractivity contribution in [1.29, 1.82) is 0 Å². The van der Waals surface area contributed by atoms with Gasteiger partial charge in [-0.2, -0.15) is 0 Å². The number of anilines is 2. The van der Waals surface area contributed by atoms with Gasteiger partial charge in [-0.15, -0.1) is 0 Å². The molecular formula is C17H21FN2O. The number of hydrogen-bond acceptors (Lipinski definition) is 3. The van der Waals surface area contributed by atoms with E-state index in [0.29, 0.717) is 5.56 Å². The number of halogens is 1. The summed E-state index contributed by atoms with van der Waals surface area (Å²) in [6.45, 7) is 3.60. The molecule has 0 bridgehead atoms. The SMILES string of the molecule is COc1ccccc1N(C)c1cc(C)c(F)cc1C(C)N. The maximum atomic E-state index is 13.8. The smallest absolute Gasteiger partial charge is 0.142 e. The minimum atomic E-state index is -0.257. The van der Waals surface area contributed by atoms with E-state index < -0.39 is 0 Å². The first-order valence-corrected chi connectivity index (χ1v) is 6.88. The van der Waals surface area contributed by atoms with E-state index in [4.69, 9.17) is 10.5 Å². The molecule has 0 fully saturated rings. The van der Waals surface area contributed by atoms with Crippen molar-refractivity contribution in [3.63, 3.8) is 0 Å². The number of benzene rings is 2. The van der Waals surface area contributed by atoms with Crippen molar-refractivity contribution in [3.8, 4) is 5.75 Å². The summed E-state index contributed by atoms with van der Waals surface area (Å²) in [5.41, 5.74) is 9.15. The average molecular weight is 288 g/mol. The lowest BCUT2D eigenvalue weighted by molar-refractivity contribution is 0.415. The lowest BCUT2D eigenvalue weighted by Crippen LogP contribution is -2.17. The zero-order chi connectivity index (χ0) is 15.6. The van der Waals surface area contributed by atoms with Crippen LogP contribution in [0.25, 0.3) is 0 Å². The molecule has 0 spiro atoms. The summed E-state index contributed by atoms with van der Waals surface area (Å²) in [6.07, 6.45) is 0. The molecule has 2 aromatic carbocycles. The molecule has 0 heterocycles. The molecule has 0 radical (unpaired) electrons. The van der Waals surface area contributed by atoms with Crippen molar-refractivity contribution < 1.29 is 9.13 Å². The van der Waals surface area contributed by atoms with Crippen LogP contribution < -0.4 is 15.4 Å². The Bertz CT molecular complexity index is 641. The maximum Gasteiger partial charge on any atom is 0.142 e. The number of nitrogens with two attached hydrogens (primary N) is 1. The Morgan fingerprint density at radius 1 is 1.19 bits per heavy atom. The Morgan fingerprint density at radius 2 is 1.86 bits per heavy atom. The zero-order valence-electron chi connectivity index (χ0n) is 12.9. The minimum Gasteiger partial charge on any atom is -0.495 e. The second-order valence-electron chi connectivity index (χ2n) is 5.18. The molecule has 112 valence electrons. The topological polar surface area (TPSA) is 38.5 Å². The third kappa shape index (κ3) is 3.00. The number of para-hydroxylation sites is 2. The lowest BCUT2D eigenvalue weighted by Gasteiger charge is -2.26. The molecule has 0 aliphatic carbocycles. The first-order chi connectivity index (χ1) is 9.95. The van der Waals surface area contributed by atoms with E-state index in [1.54, 1.807) is 14.0 Å². The highest BCUT2D eigenvalue weighted by Crippen LogP contribution is 2.36. The zero-order valence-corrected chi connectivity index (χ0v) is 12.9. The number of ether oxygens (including phenoxy) is 1. The van der Waals surface area contributed by atoms with Crippen LogP contribution in [0, 0.1) is 12.7 Å². The van der Waals surface area contributed by atoms with Crippen LogP contribution in [-0.4, -0.2) is 14.2 Å².